The Balaban J connectivity index is 0.845. The van der Waals surface area contributed by atoms with Gasteiger partial charge in [-0.05, 0) is 111 Å². The highest BCUT2D eigenvalue weighted by atomic mass is 16.6. The van der Waals surface area contributed by atoms with Crippen molar-refractivity contribution in [3.8, 4) is 16.9 Å². The Morgan fingerprint density at radius 3 is 2.40 bits per heavy atom. The number of aromatic hydroxyl groups is 1. The highest BCUT2D eigenvalue weighted by Crippen LogP contribution is 2.32. The standard InChI is InChI=1S/C48H57N5O7/c1-32-31-41(33(2)30-35(32)14-11-17-42(54)38-19-21-43(55)47-39(38)20-22-45(57)51-47)49-44(56)18-9-10-26-52(3)46(58)25-29-53-27-23-36(24-28-53)60-48(59)50-40-16-8-7-15-37(40)34-12-5-4-6-13-34/h4-8,12-13,15-16,19-22,30-31,36,42,54-55H,9-11,14,17-18,23-29H2,1-3H3,(H,49,56)(H,50,59)(H,51,57)/t42-/m0/s1. The summed E-state index contributed by atoms with van der Waals surface area (Å²) >= 11 is 0. The zero-order valence-corrected chi connectivity index (χ0v) is 34.8. The molecule has 1 aliphatic heterocycles. The first-order valence-corrected chi connectivity index (χ1v) is 21.0. The summed E-state index contributed by atoms with van der Waals surface area (Å²) in [4.78, 5) is 56.9. The van der Waals surface area contributed by atoms with Crippen LogP contribution >= 0.6 is 0 Å². The van der Waals surface area contributed by atoms with Gasteiger partial charge in [-0.1, -0.05) is 60.7 Å². The molecule has 2 heterocycles. The van der Waals surface area contributed by atoms with E-state index in [-0.39, 0.29) is 29.2 Å². The predicted octanol–water partition coefficient (Wildman–Crippen LogP) is 8.24. The fourth-order valence-electron chi connectivity index (χ4n) is 7.89. The van der Waals surface area contributed by atoms with Crippen LogP contribution in [0, 0.1) is 13.8 Å². The number of hydrogen-bond acceptors (Lipinski definition) is 8. The third-order valence-corrected chi connectivity index (χ3v) is 11.4. The molecule has 12 nitrogen and oxygen atoms in total. The number of aliphatic hydroxyl groups excluding tert-OH is 1. The van der Waals surface area contributed by atoms with Crippen LogP contribution < -0.4 is 16.2 Å². The van der Waals surface area contributed by atoms with Crippen LogP contribution in [0.4, 0.5) is 16.2 Å². The van der Waals surface area contributed by atoms with Crippen LogP contribution in [0.15, 0.2) is 95.8 Å². The minimum atomic E-state index is -0.759. The number of piperidine rings is 1. The Morgan fingerprint density at radius 2 is 1.62 bits per heavy atom. The second kappa shape index (κ2) is 20.8. The Labute approximate surface area is 351 Å². The number of amides is 3. The monoisotopic (exact) mass is 815 g/mol. The molecular weight excluding hydrogens is 759 g/mol. The molecule has 3 amide bonds. The molecule has 5 aromatic rings. The third kappa shape index (κ3) is 11.8. The number of phenolic OH excluding ortho intramolecular Hbond substituents is 1. The molecule has 1 aromatic heterocycles. The second-order valence-electron chi connectivity index (χ2n) is 15.8. The van der Waals surface area contributed by atoms with Crippen LogP contribution in [0.3, 0.4) is 0 Å². The molecule has 316 valence electrons. The molecular formula is C48H57N5O7. The quantitative estimate of drug-likeness (QED) is 0.0586. The van der Waals surface area contributed by atoms with Gasteiger partial charge < -0.3 is 35.1 Å². The van der Waals surface area contributed by atoms with Gasteiger partial charge in [-0.2, -0.15) is 0 Å². The number of rotatable bonds is 17. The van der Waals surface area contributed by atoms with E-state index in [1.807, 2.05) is 81.6 Å². The Morgan fingerprint density at radius 1 is 0.867 bits per heavy atom. The Bertz CT molecular complexity index is 2320. The number of carbonyl (C=O) groups excluding carboxylic acids is 3. The molecule has 0 spiro atoms. The number of anilines is 2. The average Bonchev–Trinajstić information content (AvgIpc) is 3.24. The lowest BCUT2D eigenvalue weighted by molar-refractivity contribution is -0.130. The number of phenols is 1. The lowest BCUT2D eigenvalue weighted by atomic mass is 9.95. The highest BCUT2D eigenvalue weighted by molar-refractivity contribution is 5.92. The largest absolute Gasteiger partial charge is 0.506 e. The van der Waals surface area contributed by atoms with Crippen LogP contribution in [0.2, 0.25) is 0 Å². The van der Waals surface area contributed by atoms with Crippen molar-refractivity contribution in [3.05, 3.63) is 124 Å². The lowest BCUT2D eigenvalue weighted by Crippen LogP contribution is -2.40. The normalized spacial score (nSPS) is 13.8. The molecule has 0 bridgehead atoms. The van der Waals surface area contributed by atoms with Gasteiger partial charge in [-0.25, -0.2) is 4.79 Å². The van der Waals surface area contributed by atoms with Gasteiger partial charge in [0.15, 0.2) is 0 Å². The van der Waals surface area contributed by atoms with E-state index in [9.17, 15) is 29.4 Å². The summed E-state index contributed by atoms with van der Waals surface area (Å²) < 4.78 is 5.76. The van der Waals surface area contributed by atoms with Gasteiger partial charge in [0.1, 0.15) is 11.9 Å². The van der Waals surface area contributed by atoms with E-state index in [2.05, 4.69) is 26.6 Å². The predicted molar refractivity (Wildman–Crippen MR) is 236 cm³/mol. The van der Waals surface area contributed by atoms with Crippen molar-refractivity contribution in [3.63, 3.8) is 0 Å². The number of aromatic nitrogens is 1. The summed E-state index contributed by atoms with van der Waals surface area (Å²) in [5.74, 6) is -0.0281. The van der Waals surface area contributed by atoms with Gasteiger partial charge in [0.05, 0.1) is 17.3 Å². The van der Waals surface area contributed by atoms with Crippen LogP contribution in [0.5, 0.6) is 5.75 Å². The zero-order valence-electron chi connectivity index (χ0n) is 34.8. The molecule has 1 fully saturated rings. The number of fused-ring (bicyclic) bond motifs is 1. The molecule has 0 saturated carbocycles. The van der Waals surface area contributed by atoms with Crippen LogP contribution in [0.25, 0.3) is 22.0 Å². The maximum Gasteiger partial charge on any atom is 0.411 e. The van der Waals surface area contributed by atoms with Crippen LogP contribution in [-0.2, 0) is 20.7 Å². The summed E-state index contributed by atoms with van der Waals surface area (Å²) in [7, 11) is 1.81. The van der Waals surface area contributed by atoms with Crippen molar-refractivity contribution in [2.45, 2.75) is 83.8 Å². The topological polar surface area (TPSA) is 164 Å². The van der Waals surface area contributed by atoms with Crippen molar-refractivity contribution in [1.29, 1.82) is 0 Å². The van der Waals surface area contributed by atoms with Crippen LogP contribution in [0.1, 0.15) is 79.7 Å². The molecule has 1 aliphatic rings. The fraction of sp³-hybridized carbons (Fsp3) is 0.375. The SMILES string of the molecule is Cc1cc(NC(=O)CCCCN(C)C(=O)CCN2CCC(OC(=O)Nc3ccccc3-c3ccccc3)CC2)c(C)cc1CCC[C@H](O)c1ccc(O)c2[nH]c(=O)ccc12. The number of pyridine rings is 1. The second-order valence-corrected chi connectivity index (χ2v) is 15.8. The van der Waals surface area contributed by atoms with Crippen molar-refractivity contribution < 1.29 is 29.3 Å². The molecule has 60 heavy (non-hydrogen) atoms. The number of para-hydroxylation sites is 1. The molecule has 0 aliphatic carbocycles. The number of nitrogens with zero attached hydrogens (tertiary/aromatic N) is 2. The maximum absolute atomic E-state index is 12.9. The maximum atomic E-state index is 12.9. The molecule has 12 heteroatoms. The van der Waals surface area contributed by atoms with E-state index in [0.717, 1.165) is 65.9 Å². The van der Waals surface area contributed by atoms with Crippen molar-refractivity contribution in [2.24, 2.45) is 0 Å². The highest BCUT2D eigenvalue weighted by Gasteiger charge is 2.24. The lowest BCUT2D eigenvalue weighted by Gasteiger charge is -2.31. The molecule has 0 radical (unpaired) electrons. The first kappa shape index (κ1) is 43.6. The zero-order chi connectivity index (χ0) is 42.6. The number of H-pyrrole nitrogens is 1. The molecule has 4 aromatic carbocycles. The number of benzene rings is 4. The molecule has 1 saturated heterocycles. The fourth-order valence-corrected chi connectivity index (χ4v) is 7.89. The number of hydrogen-bond donors (Lipinski definition) is 5. The molecule has 0 unspecified atom stereocenters. The Kier molecular flexibility index (Phi) is 15.1. The van der Waals surface area contributed by atoms with Gasteiger partial charge in [-0.15, -0.1) is 0 Å². The number of likely N-dealkylation sites (tertiary alicyclic amines) is 1. The van der Waals surface area contributed by atoms with E-state index in [0.29, 0.717) is 73.8 Å². The number of aryl methyl sites for hydroxylation is 3. The molecule has 5 N–H and O–H groups in total. The number of carbonyl (C=O) groups is 3. The number of aliphatic hydroxyl groups is 1. The van der Waals surface area contributed by atoms with E-state index >= 15 is 0 Å². The van der Waals surface area contributed by atoms with Gasteiger partial charge in [0, 0.05) is 68.8 Å². The number of aromatic amines is 1. The molecule has 1 atom stereocenters. The van der Waals surface area contributed by atoms with E-state index in [4.69, 9.17) is 4.74 Å². The number of unbranched alkanes of at least 4 members (excludes halogenated alkanes) is 1. The number of nitrogens with one attached hydrogen (secondary N) is 3. The van der Waals surface area contributed by atoms with Crippen molar-refractivity contribution >= 4 is 40.2 Å². The number of ether oxygens (including phenoxy) is 1. The van der Waals surface area contributed by atoms with E-state index in [1.165, 1.54) is 12.1 Å². The summed E-state index contributed by atoms with van der Waals surface area (Å²) in [6, 6.07) is 27.8. The first-order valence-electron chi connectivity index (χ1n) is 21.0. The average molecular weight is 816 g/mol. The smallest absolute Gasteiger partial charge is 0.411 e. The minimum absolute atomic E-state index is 0.0356. The Hall–Kier alpha value is -5.98. The van der Waals surface area contributed by atoms with E-state index in [1.54, 1.807) is 17.0 Å². The third-order valence-electron chi connectivity index (χ3n) is 11.4. The van der Waals surface area contributed by atoms with Crippen LogP contribution in [-0.4, -0.2) is 82.2 Å². The first-order chi connectivity index (χ1) is 28.9. The van der Waals surface area contributed by atoms with Gasteiger partial charge >= 0.3 is 6.09 Å². The summed E-state index contributed by atoms with van der Waals surface area (Å²) in [6.45, 7) is 6.72. The van der Waals surface area contributed by atoms with E-state index < -0.39 is 12.2 Å². The molecule has 6 rings (SSSR count). The summed E-state index contributed by atoms with van der Waals surface area (Å²) in [6.07, 6.45) is 4.13. The van der Waals surface area contributed by atoms with Gasteiger partial charge in [-0.3, -0.25) is 19.7 Å². The summed E-state index contributed by atoms with van der Waals surface area (Å²) in [5, 5.41) is 27.7. The van der Waals surface area contributed by atoms with Gasteiger partial charge in [0.2, 0.25) is 17.4 Å². The van der Waals surface area contributed by atoms with Crippen molar-refractivity contribution in [1.82, 2.24) is 14.8 Å². The van der Waals surface area contributed by atoms with Gasteiger partial charge in [0.25, 0.3) is 0 Å². The van der Waals surface area contributed by atoms with Crippen molar-refractivity contribution in [2.75, 3.05) is 43.9 Å². The summed E-state index contributed by atoms with van der Waals surface area (Å²) in [5.41, 5.74) is 7.26. The minimum Gasteiger partial charge on any atom is -0.506 e.